The van der Waals surface area contributed by atoms with Crippen LogP contribution in [0.4, 0.5) is 5.00 Å². The Morgan fingerprint density at radius 1 is 1.29 bits per heavy atom. The number of hydrogen-bond acceptors (Lipinski definition) is 6. The summed E-state index contributed by atoms with van der Waals surface area (Å²) in [7, 11) is 1.33. The lowest BCUT2D eigenvalue weighted by Gasteiger charge is -2.18. The monoisotopic (exact) mass is 402 g/mol. The number of anilines is 1. The van der Waals surface area contributed by atoms with Crippen LogP contribution in [0.15, 0.2) is 24.3 Å². The zero-order valence-electron chi connectivity index (χ0n) is 15.7. The number of methoxy groups -OCH3 is 1. The van der Waals surface area contributed by atoms with E-state index in [4.69, 9.17) is 15.2 Å². The number of rotatable bonds is 6. The third-order valence-electron chi connectivity index (χ3n) is 4.67. The summed E-state index contributed by atoms with van der Waals surface area (Å²) in [5.41, 5.74) is 6.91. The predicted octanol–water partition coefficient (Wildman–Crippen LogP) is 2.78. The van der Waals surface area contributed by atoms with Crippen LogP contribution < -0.4 is 15.8 Å². The molecular weight excluding hydrogens is 380 g/mol. The van der Waals surface area contributed by atoms with Gasteiger partial charge >= 0.3 is 5.97 Å². The molecule has 0 radical (unpaired) electrons. The first-order valence-electron chi connectivity index (χ1n) is 8.95. The molecule has 0 aliphatic heterocycles. The Morgan fingerprint density at radius 2 is 2.04 bits per heavy atom. The summed E-state index contributed by atoms with van der Waals surface area (Å²) in [5.74, 6) is -0.756. The Morgan fingerprint density at radius 3 is 2.75 bits per heavy atom. The highest BCUT2D eigenvalue weighted by Crippen LogP contribution is 2.40. The molecule has 0 saturated heterocycles. The lowest BCUT2D eigenvalue weighted by molar-refractivity contribution is -0.118. The van der Waals surface area contributed by atoms with E-state index in [0.717, 1.165) is 29.7 Å². The molecule has 1 aromatic heterocycles. The Balaban J connectivity index is 1.76. The molecule has 1 aliphatic carbocycles. The number of amides is 2. The molecule has 2 amide bonds. The summed E-state index contributed by atoms with van der Waals surface area (Å²) >= 11 is 1.41. The highest BCUT2D eigenvalue weighted by molar-refractivity contribution is 7.17. The van der Waals surface area contributed by atoms with Crippen LogP contribution in [0.1, 0.15) is 44.5 Å². The molecule has 3 rings (SSSR count). The van der Waals surface area contributed by atoms with Crippen LogP contribution in [0, 0.1) is 5.92 Å². The van der Waals surface area contributed by atoms with E-state index in [-0.39, 0.29) is 17.9 Å². The van der Waals surface area contributed by atoms with Crippen molar-refractivity contribution in [3.05, 3.63) is 45.8 Å². The summed E-state index contributed by atoms with van der Waals surface area (Å²) in [6.07, 6.45) is 2.66. The maximum absolute atomic E-state index is 12.4. The van der Waals surface area contributed by atoms with E-state index < -0.39 is 17.8 Å². The minimum atomic E-state index is -0.635. The van der Waals surface area contributed by atoms with Crippen LogP contribution in [0.3, 0.4) is 0 Å². The standard InChI is InChI=1S/C20H22N2O5S/c1-11-7-8-13-15(9-11)28-19(17(13)20(25)26-2)22-16(23)10-27-14-6-4-3-5-12(14)18(21)24/h3-6,11H,7-10H2,1-2H3,(H2,21,24)(H,22,23)/t11-/m1/s1. The van der Waals surface area contributed by atoms with E-state index in [1.807, 2.05) is 0 Å². The molecule has 0 spiro atoms. The zero-order chi connectivity index (χ0) is 20.3. The predicted molar refractivity (Wildman–Crippen MR) is 106 cm³/mol. The molecule has 1 aromatic carbocycles. The second kappa shape index (κ2) is 8.43. The minimum absolute atomic E-state index is 0.200. The first-order chi connectivity index (χ1) is 13.4. The number of ether oxygens (including phenoxy) is 2. The Bertz CT molecular complexity index is 921. The molecule has 28 heavy (non-hydrogen) atoms. The first kappa shape index (κ1) is 19.9. The third kappa shape index (κ3) is 4.17. The molecule has 1 atom stereocenters. The van der Waals surface area contributed by atoms with Gasteiger partial charge in [0.25, 0.3) is 11.8 Å². The third-order valence-corrected chi connectivity index (χ3v) is 5.84. The highest BCUT2D eigenvalue weighted by atomic mass is 32.1. The van der Waals surface area contributed by atoms with Gasteiger partial charge < -0.3 is 20.5 Å². The van der Waals surface area contributed by atoms with Gasteiger partial charge in [0.15, 0.2) is 6.61 Å². The van der Waals surface area contributed by atoms with Crippen molar-refractivity contribution in [3.63, 3.8) is 0 Å². The van der Waals surface area contributed by atoms with Gasteiger partial charge in [-0.25, -0.2) is 4.79 Å². The molecular formula is C20H22N2O5S. The molecule has 8 heteroatoms. The summed E-state index contributed by atoms with van der Waals surface area (Å²) < 4.78 is 10.4. The van der Waals surface area contributed by atoms with Gasteiger partial charge in [-0.3, -0.25) is 9.59 Å². The molecule has 2 aromatic rings. The van der Waals surface area contributed by atoms with Crippen molar-refractivity contribution in [1.82, 2.24) is 0 Å². The molecule has 0 unspecified atom stereocenters. The number of nitrogens with two attached hydrogens (primary N) is 1. The quantitative estimate of drug-likeness (QED) is 0.723. The molecule has 1 aliphatic rings. The Kier molecular flexibility index (Phi) is 5.99. The maximum atomic E-state index is 12.4. The summed E-state index contributed by atoms with van der Waals surface area (Å²) in [6, 6.07) is 6.44. The normalized spacial score (nSPS) is 15.4. The van der Waals surface area contributed by atoms with Crippen molar-refractivity contribution in [2.75, 3.05) is 19.0 Å². The number of esters is 1. The van der Waals surface area contributed by atoms with Gasteiger partial charge in [-0.2, -0.15) is 0 Å². The van der Waals surface area contributed by atoms with Crippen LogP contribution >= 0.6 is 11.3 Å². The minimum Gasteiger partial charge on any atom is -0.483 e. The topological polar surface area (TPSA) is 108 Å². The summed E-state index contributed by atoms with van der Waals surface area (Å²) in [6.45, 7) is 1.85. The van der Waals surface area contributed by atoms with Crippen molar-refractivity contribution in [3.8, 4) is 5.75 Å². The van der Waals surface area contributed by atoms with Gasteiger partial charge in [0.2, 0.25) is 0 Å². The van der Waals surface area contributed by atoms with Gasteiger partial charge in [-0.05, 0) is 42.9 Å². The highest BCUT2D eigenvalue weighted by Gasteiger charge is 2.29. The zero-order valence-corrected chi connectivity index (χ0v) is 16.6. The smallest absolute Gasteiger partial charge is 0.341 e. The molecule has 7 nitrogen and oxygen atoms in total. The Hall–Kier alpha value is -2.87. The van der Waals surface area contributed by atoms with Gasteiger partial charge in [0.1, 0.15) is 10.8 Å². The van der Waals surface area contributed by atoms with E-state index in [2.05, 4.69) is 12.2 Å². The van der Waals surface area contributed by atoms with Crippen molar-refractivity contribution in [2.24, 2.45) is 11.7 Å². The van der Waals surface area contributed by atoms with Gasteiger partial charge in [0, 0.05) is 4.88 Å². The van der Waals surface area contributed by atoms with E-state index >= 15 is 0 Å². The number of nitrogens with one attached hydrogen (secondary N) is 1. The molecule has 3 N–H and O–H groups in total. The fraction of sp³-hybridized carbons (Fsp3) is 0.350. The van der Waals surface area contributed by atoms with Crippen molar-refractivity contribution < 1.29 is 23.9 Å². The van der Waals surface area contributed by atoms with Crippen molar-refractivity contribution in [1.29, 1.82) is 0 Å². The largest absolute Gasteiger partial charge is 0.483 e. The fourth-order valence-electron chi connectivity index (χ4n) is 3.26. The van der Waals surface area contributed by atoms with Crippen LogP contribution in [-0.4, -0.2) is 31.5 Å². The number of fused-ring (bicyclic) bond motifs is 1. The molecule has 0 bridgehead atoms. The Labute approximate surface area is 166 Å². The lowest BCUT2D eigenvalue weighted by atomic mass is 9.88. The van der Waals surface area contributed by atoms with Crippen LogP contribution in [0.25, 0.3) is 0 Å². The number of primary amides is 1. The van der Waals surface area contributed by atoms with Crippen molar-refractivity contribution >= 4 is 34.1 Å². The average Bonchev–Trinajstić information content (AvgIpc) is 3.02. The van der Waals surface area contributed by atoms with E-state index in [0.29, 0.717) is 16.5 Å². The van der Waals surface area contributed by atoms with Crippen LogP contribution in [0.5, 0.6) is 5.75 Å². The number of hydrogen-bond donors (Lipinski definition) is 2. The number of thiophene rings is 1. The van der Waals surface area contributed by atoms with Gasteiger partial charge in [0.05, 0.1) is 18.2 Å². The van der Waals surface area contributed by atoms with Gasteiger partial charge in [-0.1, -0.05) is 19.1 Å². The lowest BCUT2D eigenvalue weighted by Crippen LogP contribution is -2.22. The maximum Gasteiger partial charge on any atom is 0.341 e. The SMILES string of the molecule is COC(=O)c1c(NC(=O)COc2ccccc2C(N)=O)sc2c1CC[C@@H](C)C2. The molecule has 1 heterocycles. The number of benzene rings is 1. The fourth-order valence-corrected chi connectivity index (χ4v) is 4.67. The van der Waals surface area contributed by atoms with E-state index in [1.54, 1.807) is 18.2 Å². The second-order valence-corrected chi connectivity index (χ2v) is 7.85. The van der Waals surface area contributed by atoms with Crippen LogP contribution in [-0.2, 0) is 22.4 Å². The van der Waals surface area contributed by atoms with Crippen LogP contribution in [0.2, 0.25) is 0 Å². The molecule has 0 saturated carbocycles. The second-order valence-electron chi connectivity index (χ2n) is 6.74. The van der Waals surface area contributed by atoms with Crippen molar-refractivity contribution in [2.45, 2.75) is 26.2 Å². The van der Waals surface area contributed by atoms with Gasteiger partial charge in [-0.15, -0.1) is 11.3 Å². The summed E-state index contributed by atoms with van der Waals surface area (Å²) in [5, 5.41) is 3.23. The molecule has 148 valence electrons. The first-order valence-corrected chi connectivity index (χ1v) is 9.76. The van der Waals surface area contributed by atoms with E-state index in [1.165, 1.54) is 24.5 Å². The average molecular weight is 402 g/mol. The van der Waals surface area contributed by atoms with E-state index in [9.17, 15) is 14.4 Å². The summed E-state index contributed by atoms with van der Waals surface area (Å²) in [4.78, 5) is 37.2. The molecule has 0 fully saturated rings. The number of carbonyl (C=O) groups excluding carboxylic acids is 3. The number of carbonyl (C=O) groups is 3. The number of para-hydroxylation sites is 1.